The van der Waals surface area contributed by atoms with Gasteiger partial charge < -0.3 is 19.9 Å². The molecule has 0 aliphatic heterocycles. The van der Waals surface area contributed by atoms with Crippen LogP contribution in [0.2, 0.25) is 5.02 Å². The molecule has 1 unspecified atom stereocenters. The Hall–Kier alpha value is -1.95. The molecule has 7 heteroatoms. The van der Waals surface area contributed by atoms with E-state index in [-0.39, 0.29) is 17.2 Å². The molecule has 0 spiro atoms. The first-order valence-electron chi connectivity index (χ1n) is 6.67. The van der Waals surface area contributed by atoms with Crippen molar-refractivity contribution in [1.82, 2.24) is 5.32 Å². The summed E-state index contributed by atoms with van der Waals surface area (Å²) in [5.41, 5.74) is -0.0127. The topological polar surface area (TPSA) is 84.9 Å². The van der Waals surface area contributed by atoms with E-state index in [9.17, 15) is 14.7 Å². The largest absolute Gasteiger partial charge is 0.506 e. The van der Waals surface area contributed by atoms with Gasteiger partial charge in [0.05, 0.1) is 12.1 Å². The molecule has 0 aliphatic carbocycles. The Morgan fingerprint density at radius 1 is 1.36 bits per heavy atom. The fourth-order valence-electron chi connectivity index (χ4n) is 1.70. The number of rotatable bonds is 4. The minimum Gasteiger partial charge on any atom is -0.506 e. The Morgan fingerprint density at radius 2 is 2.00 bits per heavy atom. The summed E-state index contributed by atoms with van der Waals surface area (Å²) in [6.07, 6.45) is -0.556. The van der Waals surface area contributed by atoms with Gasteiger partial charge in [0.15, 0.2) is 0 Å². The van der Waals surface area contributed by atoms with E-state index < -0.39 is 23.7 Å². The summed E-state index contributed by atoms with van der Waals surface area (Å²) in [5, 5.41) is 12.0. The van der Waals surface area contributed by atoms with Gasteiger partial charge in [0.2, 0.25) is 0 Å². The Kier molecular flexibility index (Phi) is 6.05. The van der Waals surface area contributed by atoms with Crippen LogP contribution < -0.4 is 5.32 Å². The molecule has 0 fully saturated rings. The molecule has 22 heavy (non-hydrogen) atoms. The summed E-state index contributed by atoms with van der Waals surface area (Å²) in [4.78, 5) is 23.6. The number of nitrogens with one attached hydrogen (secondary N) is 1. The molecule has 2 N–H and O–H groups in total. The summed E-state index contributed by atoms with van der Waals surface area (Å²) < 4.78 is 9.80. The molecule has 0 saturated carbocycles. The number of phenols is 1. The lowest BCUT2D eigenvalue weighted by atomic mass is 10.1. The Morgan fingerprint density at radius 3 is 2.50 bits per heavy atom. The van der Waals surface area contributed by atoms with E-state index in [1.807, 2.05) is 0 Å². The number of methoxy groups -OCH3 is 1. The van der Waals surface area contributed by atoms with Crippen LogP contribution in [0.1, 0.15) is 26.3 Å². The third-order valence-corrected chi connectivity index (χ3v) is 2.93. The number of esters is 1. The van der Waals surface area contributed by atoms with Crippen LogP contribution >= 0.6 is 11.6 Å². The molecule has 1 aromatic rings. The monoisotopic (exact) mass is 329 g/mol. The summed E-state index contributed by atoms with van der Waals surface area (Å²) in [6.45, 7) is 5.17. The number of benzene rings is 1. The summed E-state index contributed by atoms with van der Waals surface area (Å²) in [7, 11) is 1.23. The zero-order valence-corrected chi connectivity index (χ0v) is 13.7. The first-order valence-corrected chi connectivity index (χ1v) is 7.05. The normalized spacial score (nSPS) is 12.4. The SMILES string of the molecule is COC(=O)C(Cc1ccc(O)c(Cl)c1)NC(=O)OC(C)(C)C. The second-order valence-electron chi connectivity index (χ2n) is 5.71. The maximum atomic E-state index is 11.8. The second-order valence-corrected chi connectivity index (χ2v) is 6.12. The van der Waals surface area contributed by atoms with Crippen LogP contribution in [-0.2, 0) is 20.7 Å². The van der Waals surface area contributed by atoms with Crippen molar-refractivity contribution >= 4 is 23.7 Å². The lowest BCUT2D eigenvalue weighted by molar-refractivity contribution is -0.143. The number of carbonyl (C=O) groups is 2. The van der Waals surface area contributed by atoms with E-state index in [0.717, 1.165) is 0 Å². The number of aromatic hydroxyl groups is 1. The van der Waals surface area contributed by atoms with Crippen molar-refractivity contribution in [3.63, 3.8) is 0 Å². The Balaban J connectivity index is 2.82. The lowest BCUT2D eigenvalue weighted by Crippen LogP contribution is -2.45. The number of phenolic OH excluding ortho intramolecular Hbond substituents is 1. The first kappa shape index (κ1) is 18.1. The number of halogens is 1. The summed E-state index contributed by atoms with van der Waals surface area (Å²) in [6, 6.07) is 3.62. The van der Waals surface area contributed by atoms with E-state index in [0.29, 0.717) is 5.56 Å². The molecule has 1 amide bonds. The van der Waals surface area contributed by atoms with Crippen molar-refractivity contribution in [3.05, 3.63) is 28.8 Å². The van der Waals surface area contributed by atoms with Crippen LogP contribution in [0.4, 0.5) is 4.79 Å². The highest BCUT2D eigenvalue weighted by molar-refractivity contribution is 6.32. The maximum Gasteiger partial charge on any atom is 0.408 e. The predicted molar refractivity (Wildman–Crippen MR) is 82.0 cm³/mol. The van der Waals surface area contributed by atoms with E-state index >= 15 is 0 Å². The smallest absolute Gasteiger partial charge is 0.408 e. The minimum atomic E-state index is -0.916. The van der Waals surface area contributed by atoms with Gasteiger partial charge in [-0.25, -0.2) is 9.59 Å². The van der Waals surface area contributed by atoms with Gasteiger partial charge in [-0.3, -0.25) is 0 Å². The number of alkyl carbamates (subject to hydrolysis) is 1. The van der Waals surface area contributed by atoms with Crippen LogP contribution in [-0.4, -0.2) is 35.9 Å². The highest BCUT2D eigenvalue weighted by atomic mass is 35.5. The number of hydrogen-bond donors (Lipinski definition) is 2. The summed E-state index contributed by atoms with van der Waals surface area (Å²) in [5.74, 6) is -0.657. The third-order valence-electron chi connectivity index (χ3n) is 2.63. The predicted octanol–water partition coefficient (Wildman–Crippen LogP) is 2.65. The molecule has 0 bridgehead atoms. The number of carbonyl (C=O) groups excluding carboxylic acids is 2. The fraction of sp³-hybridized carbons (Fsp3) is 0.467. The molecule has 6 nitrogen and oxygen atoms in total. The molecule has 0 radical (unpaired) electrons. The van der Waals surface area contributed by atoms with Crippen LogP contribution in [0.3, 0.4) is 0 Å². The third kappa shape index (κ3) is 5.81. The highest BCUT2D eigenvalue weighted by Gasteiger charge is 2.25. The zero-order chi connectivity index (χ0) is 16.9. The molecule has 0 aliphatic rings. The first-order chi connectivity index (χ1) is 10.1. The van der Waals surface area contributed by atoms with Gasteiger partial charge in [-0.2, -0.15) is 0 Å². The van der Waals surface area contributed by atoms with Crippen LogP contribution in [0.5, 0.6) is 5.75 Å². The molecule has 0 saturated heterocycles. The van der Waals surface area contributed by atoms with E-state index in [4.69, 9.17) is 16.3 Å². The van der Waals surface area contributed by atoms with Gasteiger partial charge in [0.1, 0.15) is 17.4 Å². The van der Waals surface area contributed by atoms with Crippen LogP contribution in [0.15, 0.2) is 18.2 Å². The average molecular weight is 330 g/mol. The molecule has 1 atom stereocenters. The number of ether oxygens (including phenoxy) is 2. The summed E-state index contributed by atoms with van der Waals surface area (Å²) >= 11 is 5.83. The van der Waals surface area contributed by atoms with Crippen molar-refractivity contribution in [2.75, 3.05) is 7.11 Å². The Labute approximate surface area is 134 Å². The zero-order valence-electron chi connectivity index (χ0n) is 13.0. The van der Waals surface area contributed by atoms with Crippen molar-refractivity contribution in [2.45, 2.75) is 38.8 Å². The van der Waals surface area contributed by atoms with Crippen molar-refractivity contribution in [2.24, 2.45) is 0 Å². The Bertz CT molecular complexity index is 553. The molecular formula is C15H20ClNO5. The highest BCUT2D eigenvalue weighted by Crippen LogP contribution is 2.24. The number of amides is 1. The molecule has 0 heterocycles. The van der Waals surface area contributed by atoms with Gasteiger partial charge >= 0.3 is 12.1 Å². The quantitative estimate of drug-likeness (QED) is 0.829. The van der Waals surface area contributed by atoms with Gasteiger partial charge in [0.25, 0.3) is 0 Å². The molecule has 1 rings (SSSR count). The van der Waals surface area contributed by atoms with Crippen molar-refractivity contribution in [1.29, 1.82) is 0 Å². The minimum absolute atomic E-state index is 0.0554. The molecule has 122 valence electrons. The average Bonchev–Trinajstić information content (AvgIpc) is 2.39. The van der Waals surface area contributed by atoms with E-state index in [2.05, 4.69) is 10.1 Å². The van der Waals surface area contributed by atoms with Crippen LogP contribution in [0, 0.1) is 0 Å². The molecule has 0 aromatic heterocycles. The van der Waals surface area contributed by atoms with Crippen molar-refractivity contribution < 1.29 is 24.2 Å². The van der Waals surface area contributed by atoms with E-state index in [1.54, 1.807) is 26.8 Å². The second kappa shape index (κ2) is 7.35. The van der Waals surface area contributed by atoms with Crippen molar-refractivity contribution in [3.8, 4) is 5.75 Å². The maximum absolute atomic E-state index is 11.8. The molecular weight excluding hydrogens is 310 g/mol. The van der Waals surface area contributed by atoms with Gasteiger partial charge in [-0.1, -0.05) is 17.7 Å². The lowest BCUT2D eigenvalue weighted by Gasteiger charge is -2.22. The van der Waals surface area contributed by atoms with Gasteiger partial charge in [-0.15, -0.1) is 0 Å². The van der Waals surface area contributed by atoms with Crippen LogP contribution in [0.25, 0.3) is 0 Å². The number of hydrogen-bond acceptors (Lipinski definition) is 5. The standard InChI is InChI=1S/C15H20ClNO5/c1-15(2,3)22-14(20)17-11(13(19)21-4)8-9-5-6-12(18)10(16)7-9/h5-7,11,18H,8H2,1-4H3,(H,17,20). The fourth-order valence-corrected chi connectivity index (χ4v) is 1.90. The van der Waals surface area contributed by atoms with E-state index in [1.165, 1.54) is 19.2 Å². The van der Waals surface area contributed by atoms with Gasteiger partial charge in [0, 0.05) is 6.42 Å². The molecule has 1 aromatic carbocycles. The van der Waals surface area contributed by atoms with Gasteiger partial charge in [-0.05, 0) is 38.5 Å².